The molecule has 0 N–H and O–H groups in total. The summed E-state index contributed by atoms with van der Waals surface area (Å²) in [5.41, 5.74) is 0. The fraction of sp³-hybridized carbons (Fsp3) is 0.500. The molecule has 0 bridgehead atoms. The molecule has 0 radical (unpaired) electrons. The molecule has 0 heterocycles. The molecule has 0 aliphatic carbocycles. The van der Waals surface area contributed by atoms with Crippen molar-refractivity contribution in [3.8, 4) is 0 Å². The maximum absolute atomic E-state index is 10.3. The molecule has 3 nitrogen and oxygen atoms in total. The van der Waals surface area contributed by atoms with E-state index in [-0.39, 0.29) is 0 Å². The smallest absolute Gasteiger partial charge is 0.277 e. The normalized spacial score (nSPS) is 13.2. The van der Waals surface area contributed by atoms with Gasteiger partial charge in [-0.05, 0) is 11.6 Å². The summed E-state index contributed by atoms with van der Waals surface area (Å²) in [5, 5.41) is -1.45. The van der Waals surface area contributed by atoms with Gasteiger partial charge in [-0.15, -0.1) is 0 Å². The molecule has 0 aromatic heterocycles. The Bertz CT molecular complexity index is 241. The molecule has 0 aliphatic heterocycles. The number of halogens is 4. The molecule has 0 unspecified atom stereocenters. The van der Waals surface area contributed by atoms with Gasteiger partial charge in [0, 0.05) is 10.7 Å². The van der Waals surface area contributed by atoms with Crippen LogP contribution in [-0.4, -0.2) is 17.3 Å². The molecule has 0 saturated heterocycles. The van der Waals surface area contributed by atoms with Gasteiger partial charge < -0.3 is 0 Å². The molecule has 0 fully saturated rings. The SMILES string of the molecule is O=C(Cl)C(Cl)(Cl)S(=O)(=O)Cl. The third-order valence-electron chi connectivity index (χ3n) is 0.535. The molecule has 0 aromatic rings. The summed E-state index contributed by atoms with van der Waals surface area (Å²) < 4.78 is 17.8. The minimum absolute atomic E-state index is 1.45. The third kappa shape index (κ3) is 2.13. The highest BCUT2D eigenvalue weighted by Gasteiger charge is 2.45. The maximum Gasteiger partial charge on any atom is 0.305 e. The van der Waals surface area contributed by atoms with Crippen LogP contribution in [0.4, 0.5) is 0 Å². The highest BCUT2D eigenvalue weighted by molar-refractivity contribution is 8.17. The van der Waals surface area contributed by atoms with Gasteiger partial charge in [0.05, 0.1) is 0 Å². The van der Waals surface area contributed by atoms with Gasteiger partial charge in [-0.2, -0.15) is 0 Å². The standard InChI is InChI=1S/C2Cl4O3S/c3-1(7)2(4,5)10(6,8)9. The first kappa shape index (κ1) is 10.8. The van der Waals surface area contributed by atoms with E-state index in [1.165, 1.54) is 0 Å². The monoisotopic (exact) mass is 244 g/mol. The summed E-state index contributed by atoms with van der Waals surface area (Å²) in [7, 11) is 0.243. The Hall–Kier alpha value is 0.780. The number of rotatable bonds is 2. The topological polar surface area (TPSA) is 51.2 Å². The lowest BCUT2D eigenvalue weighted by molar-refractivity contribution is -0.110. The van der Waals surface area contributed by atoms with Crippen molar-refractivity contribution in [2.24, 2.45) is 0 Å². The van der Waals surface area contributed by atoms with Crippen molar-refractivity contribution in [1.82, 2.24) is 0 Å². The van der Waals surface area contributed by atoms with Crippen molar-refractivity contribution in [2.75, 3.05) is 0 Å². The molecule has 0 rings (SSSR count). The molecular formula is C2Cl4O3S. The van der Waals surface area contributed by atoms with E-state index < -0.39 is 18.0 Å². The second-order valence-corrected chi connectivity index (χ2v) is 6.05. The van der Waals surface area contributed by atoms with Crippen molar-refractivity contribution < 1.29 is 13.2 Å². The zero-order chi connectivity index (χ0) is 8.58. The highest BCUT2D eigenvalue weighted by Crippen LogP contribution is 2.33. The van der Waals surface area contributed by atoms with E-state index in [1.54, 1.807) is 0 Å². The molecule has 0 aliphatic rings. The maximum atomic E-state index is 10.3. The zero-order valence-electron chi connectivity index (χ0n) is 4.14. The van der Waals surface area contributed by atoms with E-state index in [9.17, 15) is 13.2 Å². The first-order valence-electron chi connectivity index (χ1n) is 1.71. The Balaban J connectivity index is 4.95. The molecule has 0 aromatic carbocycles. The molecule has 8 heteroatoms. The van der Waals surface area contributed by atoms with Crippen molar-refractivity contribution in [1.29, 1.82) is 0 Å². The lowest BCUT2D eigenvalue weighted by Gasteiger charge is -2.07. The number of hydrogen-bond acceptors (Lipinski definition) is 3. The molecular weight excluding hydrogens is 246 g/mol. The van der Waals surface area contributed by atoms with Gasteiger partial charge in [0.2, 0.25) is 0 Å². The summed E-state index contributed by atoms with van der Waals surface area (Å²) in [4.78, 5) is 10.2. The summed E-state index contributed by atoms with van der Waals surface area (Å²) in [6.07, 6.45) is 0. The first-order valence-corrected chi connectivity index (χ1v) is 5.16. The van der Waals surface area contributed by atoms with E-state index in [2.05, 4.69) is 22.3 Å². The van der Waals surface area contributed by atoms with Crippen LogP contribution in [0.25, 0.3) is 0 Å². The summed E-state index contributed by atoms with van der Waals surface area (Å²) >= 11 is 14.5. The number of alkyl halides is 2. The molecule has 0 atom stereocenters. The van der Waals surface area contributed by atoms with Gasteiger partial charge in [0.1, 0.15) is 0 Å². The van der Waals surface area contributed by atoms with Crippen LogP contribution in [-0.2, 0) is 13.8 Å². The molecule has 0 amide bonds. The molecule has 0 saturated carbocycles. The number of carbonyl (C=O) groups excluding carboxylic acids is 1. The van der Waals surface area contributed by atoms with E-state index in [1.807, 2.05) is 0 Å². The minimum Gasteiger partial charge on any atom is -0.277 e. The number of carbonyl (C=O) groups is 1. The summed E-state index contributed by atoms with van der Waals surface area (Å²) in [6.45, 7) is 0. The highest BCUT2D eigenvalue weighted by atomic mass is 35.7. The quantitative estimate of drug-likeness (QED) is 0.547. The van der Waals surface area contributed by atoms with Gasteiger partial charge in [-0.1, -0.05) is 23.2 Å². The zero-order valence-corrected chi connectivity index (χ0v) is 7.99. The lowest BCUT2D eigenvalue weighted by atomic mass is 10.9. The van der Waals surface area contributed by atoms with E-state index in [0.29, 0.717) is 0 Å². The van der Waals surface area contributed by atoms with Crippen molar-refractivity contribution in [3.63, 3.8) is 0 Å². The van der Waals surface area contributed by atoms with Gasteiger partial charge in [-0.25, -0.2) is 8.42 Å². The molecule has 0 spiro atoms. The Kier molecular flexibility index (Phi) is 3.26. The van der Waals surface area contributed by atoms with Crippen LogP contribution in [0.15, 0.2) is 0 Å². The largest absolute Gasteiger partial charge is 0.305 e. The fourth-order valence-corrected chi connectivity index (χ4v) is 0.921. The van der Waals surface area contributed by atoms with Gasteiger partial charge in [0.25, 0.3) is 14.3 Å². The third-order valence-corrected chi connectivity index (χ3v) is 4.65. The average Bonchev–Trinajstić information content (AvgIpc) is 1.62. The first-order chi connectivity index (χ1) is 4.19. The van der Waals surface area contributed by atoms with Crippen LogP contribution in [0, 0.1) is 0 Å². The summed E-state index contributed by atoms with van der Waals surface area (Å²) in [5.74, 6) is 0. The van der Waals surface area contributed by atoms with Crippen molar-refractivity contribution >= 4 is 59.8 Å². The van der Waals surface area contributed by atoms with Crippen molar-refractivity contribution in [3.05, 3.63) is 0 Å². The predicted octanol–water partition coefficient (Wildman–Crippen LogP) is 1.45. The van der Waals surface area contributed by atoms with Crippen LogP contribution >= 0.6 is 45.5 Å². The van der Waals surface area contributed by atoms with Crippen molar-refractivity contribution in [2.45, 2.75) is 3.67 Å². The fourth-order valence-electron chi connectivity index (χ4n) is 0.0958. The molecule has 60 valence electrons. The lowest BCUT2D eigenvalue weighted by Crippen LogP contribution is -2.28. The van der Waals surface area contributed by atoms with Gasteiger partial charge in [0.15, 0.2) is 0 Å². The van der Waals surface area contributed by atoms with Crippen LogP contribution in [0.5, 0.6) is 0 Å². The van der Waals surface area contributed by atoms with Gasteiger partial charge >= 0.3 is 3.67 Å². The minimum atomic E-state index is -4.38. The Morgan fingerprint density at radius 3 is 1.60 bits per heavy atom. The van der Waals surface area contributed by atoms with Gasteiger partial charge in [-0.3, -0.25) is 4.79 Å². The Morgan fingerprint density at radius 1 is 1.30 bits per heavy atom. The average molecular weight is 246 g/mol. The number of hydrogen-bond donors (Lipinski definition) is 0. The van der Waals surface area contributed by atoms with Crippen LogP contribution < -0.4 is 0 Å². The Morgan fingerprint density at radius 2 is 1.60 bits per heavy atom. The Labute approximate surface area is 76.6 Å². The predicted molar refractivity (Wildman–Crippen MR) is 40.1 cm³/mol. The van der Waals surface area contributed by atoms with Crippen LogP contribution in [0.1, 0.15) is 0 Å². The van der Waals surface area contributed by atoms with E-state index >= 15 is 0 Å². The van der Waals surface area contributed by atoms with E-state index in [4.69, 9.17) is 23.2 Å². The van der Waals surface area contributed by atoms with Crippen LogP contribution in [0.3, 0.4) is 0 Å². The molecule has 10 heavy (non-hydrogen) atoms. The second-order valence-electron chi connectivity index (χ2n) is 1.23. The van der Waals surface area contributed by atoms with Crippen LogP contribution in [0.2, 0.25) is 0 Å². The summed E-state index contributed by atoms with van der Waals surface area (Å²) in [6, 6.07) is 0. The van der Waals surface area contributed by atoms with E-state index in [0.717, 1.165) is 0 Å². The second kappa shape index (κ2) is 3.03.